The summed E-state index contributed by atoms with van der Waals surface area (Å²) in [5.74, 6) is -3.24. The molecular formula is C13H21NO6. The minimum Gasteiger partial charge on any atom is -0.480 e. The monoisotopic (exact) mass is 287 g/mol. The molecule has 0 amide bonds. The second-order valence-electron chi connectivity index (χ2n) is 5.75. The summed E-state index contributed by atoms with van der Waals surface area (Å²) >= 11 is 0. The molecule has 1 fully saturated rings. The number of carboxylic acids is 2. The minimum absolute atomic E-state index is 0.0171. The molecule has 0 saturated heterocycles. The molecule has 1 rings (SSSR count). The Morgan fingerprint density at radius 3 is 2.05 bits per heavy atom. The summed E-state index contributed by atoms with van der Waals surface area (Å²) in [5.41, 5.74) is -5.30. The minimum atomic E-state index is -2.39. The topological polar surface area (TPSA) is 118 Å². The predicted octanol–water partition coefficient (Wildman–Crippen LogP) is 2.17. The van der Waals surface area contributed by atoms with E-state index in [-0.39, 0.29) is 12.8 Å². The molecule has 1 aliphatic carbocycles. The van der Waals surface area contributed by atoms with Gasteiger partial charge in [-0.05, 0) is 25.7 Å². The summed E-state index contributed by atoms with van der Waals surface area (Å²) in [5, 5.41) is 30.8. The highest BCUT2D eigenvalue weighted by atomic mass is 16.6. The number of hydrogen-bond donors (Lipinski definition) is 2. The van der Waals surface area contributed by atoms with Crippen molar-refractivity contribution in [2.24, 2.45) is 10.8 Å². The Hall–Kier alpha value is -1.66. The summed E-state index contributed by atoms with van der Waals surface area (Å²) in [6.07, 6.45) is 0.974. The van der Waals surface area contributed by atoms with Crippen molar-refractivity contribution in [3.8, 4) is 0 Å². The third kappa shape index (κ3) is 1.65. The lowest BCUT2D eigenvalue weighted by Gasteiger charge is -2.44. The van der Waals surface area contributed by atoms with Crippen LogP contribution in [0.15, 0.2) is 0 Å². The van der Waals surface area contributed by atoms with E-state index >= 15 is 0 Å². The van der Waals surface area contributed by atoms with E-state index in [2.05, 4.69) is 0 Å². The SMILES string of the molecule is CCC1(C)CCCC1([N+](=O)[O-])C(CC)(C(=O)O)C(=O)O. The molecule has 0 bridgehead atoms. The molecule has 0 aromatic rings. The van der Waals surface area contributed by atoms with Crippen molar-refractivity contribution in [1.29, 1.82) is 0 Å². The number of carbonyl (C=O) groups is 2. The van der Waals surface area contributed by atoms with Crippen LogP contribution in [-0.2, 0) is 9.59 Å². The van der Waals surface area contributed by atoms with Gasteiger partial charge in [0.15, 0.2) is 0 Å². The molecule has 0 aliphatic heterocycles. The summed E-state index contributed by atoms with van der Waals surface area (Å²) in [6, 6.07) is 0. The molecular weight excluding hydrogens is 266 g/mol. The van der Waals surface area contributed by atoms with Gasteiger partial charge < -0.3 is 10.2 Å². The van der Waals surface area contributed by atoms with Gasteiger partial charge in [-0.3, -0.25) is 19.7 Å². The molecule has 0 aromatic heterocycles. The van der Waals surface area contributed by atoms with E-state index < -0.39 is 33.2 Å². The van der Waals surface area contributed by atoms with Gasteiger partial charge in [0.2, 0.25) is 5.41 Å². The van der Waals surface area contributed by atoms with E-state index in [4.69, 9.17) is 0 Å². The lowest BCUT2D eigenvalue weighted by molar-refractivity contribution is -0.603. The molecule has 0 spiro atoms. The third-order valence-electron chi connectivity index (χ3n) is 5.32. The van der Waals surface area contributed by atoms with E-state index in [0.29, 0.717) is 19.3 Å². The van der Waals surface area contributed by atoms with Gasteiger partial charge >= 0.3 is 11.9 Å². The van der Waals surface area contributed by atoms with Gasteiger partial charge in [0.1, 0.15) is 0 Å². The Balaban J connectivity index is 3.73. The fourth-order valence-corrected chi connectivity index (χ4v) is 3.95. The van der Waals surface area contributed by atoms with Crippen molar-refractivity contribution in [2.45, 2.75) is 58.4 Å². The molecule has 2 unspecified atom stereocenters. The van der Waals surface area contributed by atoms with Gasteiger partial charge in [-0.2, -0.15) is 0 Å². The van der Waals surface area contributed by atoms with Crippen LogP contribution in [-0.4, -0.2) is 32.6 Å². The summed E-state index contributed by atoms with van der Waals surface area (Å²) in [6.45, 7) is 4.77. The Morgan fingerprint density at radius 2 is 1.75 bits per heavy atom. The summed E-state index contributed by atoms with van der Waals surface area (Å²) in [4.78, 5) is 34.6. The van der Waals surface area contributed by atoms with Gasteiger partial charge in [-0.15, -0.1) is 0 Å². The number of carboxylic acid groups (broad SMARTS) is 2. The Bertz CT molecular complexity index is 434. The first-order chi connectivity index (χ1) is 9.16. The van der Waals surface area contributed by atoms with Crippen LogP contribution in [0, 0.1) is 20.9 Å². The fourth-order valence-electron chi connectivity index (χ4n) is 3.95. The van der Waals surface area contributed by atoms with E-state index in [1.54, 1.807) is 13.8 Å². The van der Waals surface area contributed by atoms with Crippen LogP contribution >= 0.6 is 0 Å². The second-order valence-corrected chi connectivity index (χ2v) is 5.75. The molecule has 7 nitrogen and oxygen atoms in total. The molecule has 1 aliphatic rings. The molecule has 0 heterocycles. The number of nitrogens with zero attached hydrogens (tertiary/aromatic N) is 1. The highest BCUT2D eigenvalue weighted by molar-refractivity contribution is 6.00. The molecule has 7 heteroatoms. The zero-order valence-corrected chi connectivity index (χ0v) is 12.0. The second kappa shape index (κ2) is 5.03. The van der Waals surface area contributed by atoms with E-state index in [9.17, 15) is 29.9 Å². The Morgan fingerprint density at radius 1 is 1.25 bits per heavy atom. The Labute approximate surface area is 117 Å². The van der Waals surface area contributed by atoms with Crippen LogP contribution in [0.5, 0.6) is 0 Å². The van der Waals surface area contributed by atoms with Crippen molar-refractivity contribution in [1.82, 2.24) is 0 Å². The van der Waals surface area contributed by atoms with Crippen molar-refractivity contribution in [3.63, 3.8) is 0 Å². The maximum absolute atomic E-state index is 11.8. The maximum atomic E-state index is 11.8. The molecule has 20 heavy (non-hydrogen) atoms. The predicted molar refractivity (Wildman–Crippen MR) is 70.0 cm³/mol. The zero-order valence-electron chi connectivity index (χ0n) is 12.0. The van der Waals surface area contributed by atoms with Gasteiger partial charge in [0, 0.05) is 16.8 Å². The summed E-state index contributed by atoms with van der Waals surface area (Å²) in [7, 11) is 0. The molecule has 1 saturated carbocycles. The number of rotatable bonds is 6. The Kier molecular flexibility index (Phi) is 4.12. The number of nitro groups is 1. The van der Waals surface area contributed by atoms with E-state index in [1.165, 1.54) is 6.92 Å². The normalized spacial score (nSPS) is 30.1. The van der Waals surface area contributed by atoms with Crippen LogP contribution in [0.3, 0.4) is 0 Å². The van der Waals surface area contributed by atoms with Gasteiger partial charge in [-0.25, -0.2) is 0 Å². The standard InChI is InChI=1S/C13H21NO6/c1-4-11(3)7-6-8-13(11,14(19)20)12(5-2,9(15)16)10(17)18/h4-8H2,1-3H3,(H,15,16)(H,17,18). The molecule has 2 N–H and O–H groups in total. The maximum Gasteiger partial charge on any atom is 0.328 e. The van der Waals surface area contributed by atoms with Crippen molar-refractivity contribution < 1.29 is 24.7 Å². The lowest BCUT2D eigenvalue weighted by Crippen LogP contribution is -2.66. The first-order valence-corrected chi connectivity index (χ1v) is 6.77. The van der Waals surface area contributed by atoms with Gasteiger partial charge in [0.05, 0.1) is 0 Å². The van der Waals surface area contributed by atoms with E-state index in [0.717, 1.165) is 0 Å². The van der Waals surface area contributed by atoms with Crippen molar-refractivity contribution in [3.05, 3.63) is 10.1 Å². The highest BCUT2D eigenvalue weighted by Gasteiger charge is 2.77. The fraction of sp³-hybridized carbons (Fsp3) is 0.846. The van der Waals surface area contributed by atoms with E-state index in [1.807, 2.05) is 0 Å². The number of aliphatic carboxylic acids is 2. The largest absolute Gasteiger partial charge is 0.480 e. The lowest BCUT2D eigenvalue weighted by atomic mass is 9.56. The van der Waals surface area contributed by atoms with Crippen molar-refractivity contribution in [2.75, 3.05) is 0 Å². The van der Waals surface area contributed by atoms with Crippen LogP contribution in [0.25, 0.3) is 0 Å². The van der Waals surface area contributed by atoms with Gasteiger partial charge in [0.25, 0.3) is 5.54 Å². The average molecular weight is 287 g/mol. The quantitative estimate of drug-likeness (QED) is 0.439. The van der Waals surface area contributed by atoms with Crippen LogP contribution < -0.4 is 0 Å². The highest BCUT2D eigenvalue weighted by Crippen LogP contribution is 2.60. The van der Waals surface area contributed by atoms with Crippen LogP contribution in [0.1, 0.15) is 52.9 Å². The first kappa shape index (κ1) is 16.4. The molecule has 114 valence electrons. The van der Waals surface area contributed by atoms with Crippen LogP contribution in [0.2, 0.25) is 0 Å². The van der Waals surface area contributed by atoms with Crippen molar-refractivity contribution >= 4 is 11.9 Å². The molecule has 2 atom stereocenters. The number of hydrogen-bond acceptors (Lipinski definition) is 4. The smallest absolute Gasteiger partial charge is 0.328 e. The third-order valence-corrected chi connectivity index (χ3v) is 5.32. The first-order valence-electron chi connectivity index (χ1n) is 6.77. The molecule has 0 radical (unpaired) electrons. The zero-order chi connectivity index (χ0) is 15.8. The molecule has 0 aromatic carbocycles. The average Bonchev–Trinajstić information content (AvgIpc) is 2.70. The summed E-state index contributed by atoms with van der Waals surface area (Å²) < 4.78 is 0. The van der Waals surface area contributed by atoms with Gasteiger partial charge in [-0.1, -0.05) is 20.8 Å². The van der Waals surface area contributed by atoms with Crippen LogP contribution in [0.4, 0.5) is 0 Å².